The Kier molecular flexibility index (Phi) is 6.31. The SMILES string of the molecule is COc1cc(C(=O)N2CCCC2c2nc(-c3cccc(Cl)c3OC)n[nH]2)c(-n2nccn2)cc1Cl. The van der Waals surface area contributed by atoms with Crippen molar-refractivity contribution in [2.75, 3.05) is 20.8 Å². The van der Waals surface area contributed by atoms with E-state index in [1.165, 1.54) is 24.3 Å². The van der Waals surface area contributed by atoms with Gasteiger partial charge in [0.15, 0.2) is 5.82 Å². The number of hydrogen-bond donors (Lipinski definition) is 1. The van der Waals surface area contributed by atoms with Crippen LogP contribution in [0.5, 0.6) is 11.5 Å². The molecular weight excluding hydrogens is 493 g/mol. The highest BCUT2D eigenvalue weighted by atomic mass is 35.5. The van der Waals surface area contributed by atoms with Gasteiger partial charge in [-0.1, -0.05) is 29.3 Å². The largest absolute Gasteiger partial charge is 0.495 e. The summed E-state index contributed by atoms with van der Waals surface area (Å²) in [5, 5.41) is 16.5. The first-order valence-electron chi connectivity index (χ1n) is 10.8. The van der Waals surface area contributed by atoms with E-state index in [9.17, 15) is 4.79 Å². The number of benzene rings is 2. The van der Waals surface area contributed by atoms with E-state index in [0.29, 0.717) is 56.6 Å². The minimum absolute atomic E-state index is 0.215. The predicted octanol–water partition coefficient (Wildman–Crippen LogP) is 4.35. The summed E-state index contributed by atoms with van der Waals surface area (Å²) in [5.74, 6) is 1.68. The second-order valence-corrected chi connectivity index (χ2v) is 8.66. The first kappa shape index (κ1) is 23.1. The Bertz CT molecular complexity index is 1370. The standard InChI is InChI=1S/C23H21Cl2N7O3/c1-34-19-11-14(18(12-16(19)25)32-26-8-9-27-32)23(33)31-10-4-7-17(31)22-28-21(29-30-22)13-5-3-6-15(24)20(13)35-2/h3,5-6,8-9,11-12,17H,4,7,10H2,1-2H3,(H,28,29,30). The number of aromatic amines is 1. The van der Waals surface area contributed by atoms with Gasteiger partial charge in [0.25, 0.3) is 5.91 Å². The number of likely N-dealkylation sites (tertiary alicyclic amines) is 1. The molecule has 10 nitrogen and oxygen atoms in total. The molecule has 0 spiro atoms. The molecule has 0 radical (unpaired) electrons. The molecule has 4 aromatic rings. The summed E-state index contributed by atoms with van der Waals surface area (Å²) in [6, 6.07) is 8.31. The van der Waals surface area contributed by atoms with Crippen molar-refractivity contribution in [2.45, 2.75) is 18.9 Å². The normalized spacial score (nSPS) is 15.4. The summed E-state index contributed by atoms with van der Waals surface area (Å²) < 4.78 is 10.8. The van der Waals surface area contributed by atoms with Crippen molar-refractivity contribution in [3.63, 3.8) is 0 Å². The molecule has 180 valence electrons. The van der Waals surface area contributed by atoms with Crippen LogP contribution in [0.4, 0.5) is 0 Å². The monoisotopic (exact) mass is 513 g/mol. The van der Waals surface area contributed by atoms with Gasteiger partial charge in [0.2, 0.25) is 0 Å². The van der Waals surface area contributed by atoms with Crippen LogP contribution in [-0.2, 0) is 0 Å². The van der Waals surface area contributed by atoms with Crippen molar-refractivity contribution in [3.8, 4) is 28.6 Å². The summed E-state index contributed by atoms with van der Waals surface area (Å²) in [7, 11) is 3.04. The van der Waals surface area contributed by atoms with Gasteiger partial charge in [0.1, 0.15) is 23.0 Å². The molecule has 3 heterocycles. The fourth-order valence-electron chi connectivity index (χ4n) is 4.26. The number of hydrogen-bond acceptors (Lipinski definition) is 7. The van der Waals surface area contributed by atoms with E-state index in [2.05, 4.69) is 25.4 Å². The molecule has 2 aromatic carbocycles. The average molecular weight is 514 g/mol. The Morgan fingerprint density at radius 2 is 1.91 bits per heavy atom. The number of nitrogens with zero attached hydrogens (tertiary/aromatic N) is 6. The molecule has 2 aromatic heterocycles. The maximum absolute atomic E-state index is 13.8. The van der Waals surface area contributed by atoms with Gasteiger partial charge < -0.3 is 14.4 Å². The highest BCUT2D eigenvalue weighted by Gasteiger charge is 2.35. The highest BCUT2D eigenvalue weighted by molar-refractivity contribution is 6.32. The molecule has 1 N–H and O–H groups in total. The van der Waals surface area contributed by atoms with E-state index in [1.807, 2.05) is 6.07 Å². The molecule has 1 atom stereocenters. The van der Waals surface area contributed by atoms with Gasteiger partial charge in [0, 0.05) is 6.54 Å². The number of rotatable bonds is 6. The van der Waals surface area contributed by atoms with Gasteiger partial charge in [0.05, 0.1) is 53.8 Å². The van der Waals surface area contributed by atoms with E-state index in [1.54, 1.807) is 36.3 Å². The molecule has 0 bridgehead atoms. The summed E-state index contributed by atoms with van der Waals surface area (Å²) in [6.07, 6.45) is 4.61. The molecule has 0 saturated carbocycles. The molecule has 1 unspecified atom stereocenters. The maximum Gasteiger partial charge on any atom is 0.256 e. The summed E-state index contributed by atoms with van der Waals surface area (Å²) in [4.78, 5) is 21.6. The van der Waals surface area contributed by atoms with Crippen molar-refractivity contribution < 1.29 is 14.3 Å². The minimum Gasteiger partial charge on any atom is -0.495 e. The number of amides is 1. The first-order valence-corrected chi connectivity index (χ1v) is 11.6. The Balaban J connectivity index is 1.50. The lowest BCUT2D eigenvalue weighted by Gasteiger charge is -2.24. The van der Waals surface area contributed by atoms with E-state index >= 15 is 0 Å². The van der Waals surface area contributed by atoms with Crippen molar-refractivity contribution in [2.24, 2.45) is 0 Å². The van der Waals surface area contributed by atoms with Gasteiger partial charge in [-0.2, -0.15) is 20.1 Å². The fraction of sp³-hybridized carbons (Fsp3) is 0.261. The quantitative estimate of drug-likeness (QED) is 0.407. The zero-order valence-electron chi connectivity index (χ0n) is 18.9. The topological polar surface area (TPSA) is 111 Å². The molecule has 35 heavy (non-hydrogen) atoms. The van der Waals surface area contributed by atoms with Gasteiger partial charge in [-0.25, -0.2) is 4.98 Å². The van der Waals surface area contributed by atoms with Gasteiger partial charge in [-0.15, -0.1) is 0 Å². The summed E-state index contributed by atoms with van der Waals surface area (Å²) >= 11 is 12.6. The minimum atomic E-state index is -0.297. The lowest BCUT2D eigenvalue weighted by Crippen LogP contribution is -2.32. The summed E-state index contributed by atoms with van der Waals surface area (Å²) in [5.41, 5.74) is 1.48. The number of H-pyrrole nitrogens is 1. The number of nitrogens with one attached hydrogen (secondary N) is 1. The van der Waals surface area contributed by atoms with Crippen LogP contribution in [0.25, 0.3) is 17.1 Å². The van der Waals surface area contributed by atoms with Gasteiger partial charge >= 0.3 is 0 Å². The number of aromatic nitrogens is 6. The Morgan fingerprint density at radius 3 is 2.66 bits per heavy atom. The number of carbonyl (C=O) groups is 1. The molecule has 1 fully saturated rings. The van der Waals surface area contributed by atoms with Crippen LogP contribution in [0, 0.1) is 0 Å². The number of methoxy groups -OCH3 is 2. The Morgan fingerprint density at radius 1 is 1.11 bits per heavy atom. The second-order valence-electron chi connectivity index (χ2n) is 7.84. The number of ether oxygens (including phenoxy) is 2. The van der Waals surface area contributed by atoms with E-state index < -0.39 is 0 Å². The highest BCUT2D eigenvalue weighted by Crippen LogP contribution is 2.38. The van der Waals surface area contributed by atoms with Crippen LogP contribution in [0.3, 0.4) is 0 Å². The van der Waals surface area contributed by atoms with Crippen LogP contribution in [0.1, 0.15) is 35.1 Å². The molecule has 5 rings (SSSR count). The molecule has 0 aliphatic carbocycles. The predicted molar refractivity (Wildman–Crippen MR) is 129 cm³/mol. The third kappa shape index (κ3) is 4.19. The van der Waals surface area contributed by atoms with Crippen molar-refractivity contribution >= 4 is 29.1 Å². The molecule has 1 amide bonds. The van der Waals surface area contributed by atoms with E-state index in [0.717, 1.165) is 12.8 Å². The van der Waals surface area contributed by atoms with Crippen LogP contribution >= 0.6 is 23.2 Å². The number of para-hydroxylation sites is 1. The van der Waals surface area contributed by atoms with Gasteiger partial charge in [-0.05, 0) is 37.1 Å². The Labute approximate surface area is 210 Å². The van der Waals surface area contributed by atoms with Crippen LogP contribution < -0.4 is 9.47 Å². The lowest BCUT2D eigenvalue weighted by molar-refractivity contribution is 0.0729. The second kappa shape index (κ2) is 9.55. The maximum atomic E-state index is 13.8. The molecule has 1 aliphatic rings. The molecule has 12 heteroatoms. The van der Waals surface area contributed by atoms with Crippen molar-refractivity contribution in [1.82, 2.24) is 35.1 Å². The lowest BCUT2D eigenvalue weighted by atomic mass is 10.1. The average Bonchev–Trinajstić information content (AvgIpc) is 3.64. The number of carbonyl (C=O) groups excluding carboxylic acids is 1. The fourth-order valence-corrected chi connectivity index (χ4v) is 4.75. The zero-order chi connectivity index (χ0) is 24.5. The van der Waals surface area contributed by atoms with Crippen LogP contribution in [0.2, 0.25) is 10.0 Å². The third-order valence-electron chi connectivity index (χ3n) is 5.88. The third-order valence-corrected chi connectivity index (χ3v) is 6.47. The van der Waals surface area contributed by atoms with Crippen molar-refractivity contribution in [3.05, 3.63) is 64.2 Å². The van der Waals surface area contributed by atoms with E-state index in [-0.39, 0.29) is 11.9 Å². The molecular formula is C23H21Cl2N7O3. The first-order chi connectivity index (χ1) is 17.0. The van der Waals surface area contributed by atoms with Crippen LogP contribution in [0.15, 0.2) is 42.7 Å². The van der Waals surface area contributed by atoms with Gasteiger partial charge in [-0.3, -0.25) is 9.89 Å². The summed E-state index contributed by atoms with van der Waals surface area (Å²) in [6.45, 7) is 0.553. The zero-order valence-corrected chi connectivity index (χ0v) is 20.4. The van der Waals surface area contributed by atoms with Crippen molar-refractivity contribution in [1.29, 1.82) is 0 Å². The molecule has 1 aliphatic heterocycles. The number of halogens is 2. The van der Waals surface area contributed by atoms with E-state index in [4.69, 9.17) is 32.7 Å². The smallest absolute Gasteiger partial charge is 0.256 e. The van der Waals surface area contributed by atoms with Crippen LogP contribution in [-0.4, -0.2) is 61.7 Å². The molecule has 1 saturated heterocycles. The Hall–Kier alpha value is -3.63.